The first-order valence-electron chi connectivity index (χ1n) is 7.14. The van der Waals surface area contributed by atoms with Gasteiger partial charge in [-0.3, -0.25) is 4.79 Å². The lowest BCUT2D eigenvalue weighted by Crippen LogP contribution is -2.22. The maximum absolute atomic E-state index is 11.6. The van der Waals surface area contributed by atoms with Crippen LogP contribution < -0.4 is 14.9 Å². The fourth-order valence-electron chi connectivity index (χ4n) is 1.92. The summed E-state index contributed by atoms with van der Waals surface area (Å²) in [5.41, 5.74) is 3.88. The minimum Gasteiger partial charge on any atom is -0.454 e. The number of hydrogen-bond donors (Lipinski definition) is 1. The third-order valence-corrected chi connectivity index (χ3v) is 4.05. The zero-order chi connectivity index (χ0) is 16.8. The number of hydrazone groups is 1. The average Bonchev–Trinajstić information content (AvgIpc) is 3.26. The molecule has 1 N–H and O–H groups in total. The molecular weight excluding hydrogens is 330 g/mol. The molecule has 8 heteroatoms. The second-order valence-corrected chi connectivity index (χ2v) is 5.78. The van der Waals surface area contributed by atoms with E-state index in [0.717, 1.165) is 16.2 Å². The Morgan fingerprint density at radius 2 is 2.25 bits per heavy atom. The van der Waals surface area contributed by atoms with Crippen LogP contribution in [0.1, 0.15) is 17.4 Å². The number of amides is 1. The van der Waals surface area contributed by atoms with Gasteiger partial charge in [-0.25, -0.2) is 5.43 Å². The molecule has 7 nitrogen and oxygen atoms in total. The molecule has 2 heterocycles. The lowest BCUT2D eigenvalue weighted by molar-refractivity contribution is -0.125. The Morgan fingerprint density at radius 1 is 1.38 bits per heavy atom. The smallest absolute Gasteiger partial charge is 0.280 e. The quantitative estimate of drug-likeness (QED) is 0.644. The summed E-state index contributed by atoms with van der Waals surface area (Å²) < 4.78 is 10.5. The Bertz CT molecular complexity index is 772. The SMILES string of the molecule is C/C(=N\OCC(=O)N/N=C\c1ccc2c(c1)OCO2)c1cccs1. The van der Waals surface area contributed by atoms with Gasteiger partial charge in [0.1, 0.15) is 0 Å². The highest BCUT2D eigenvalue weighted by Crippen LogP contribution is 2.31. The predicted molar refractivity (Wildman–Crippen MR) is 90.8 cm³/mol. The van der Waals surface area contributed by atoms with Crippen LogP contribution >= 0.6 is 11.3 Å². The summed E-state index contributed by atoms with van der Waals surface area (Å²) in [6.07, 6.45) is 1.51. The van der Waals surface area contributed by atoms with Gasteiger partial charge in [0, 0.05) is 0 Å². The van der Waals surface area contributed by atoms with Crippen LogP contribution in [0.25, 0.3) is 0 Å². The number of nitrogens with zero attached hydrogens (tertiary/aromatic N) is 2. The largest absolute Gasteiger partial charge is 0.454 e. The number of fused-ring (bicyclic) bond motifs is 1. The van der Waals surface area contributed by atoms with E-state index < -0.39 is 5.91 Å². The number of hydrogen-bond acceptors (Lipinski definition) is 7. The van der Waals surface area contributed by atoms with Gasteiger partial charge < -0.3 is 14.3 Å². The van der Waals surface area contributed by atoms with Crippen LogP contribution in [0.4, 0.5) is 0 Å². The summed E-state index contributed by atoms with van der Waals surface area (Å²) in [5.74, 6) is 0.963. The summed E-state index contributed by atoms with van der Waals surface area (Å²) in [6.45, 7) is 1.83. The number of carbonyl (C=O) groups is 1. The van der Waals surface area contributed by atoms with Crippen LogP contribution in [0.15, 0.2) is 46.0 Å². The van der Waals surface area contributed by atoms with Crippen molar-refractivity contribution in [3.05, 3.63) is 46.2 Å². The second-order valence-electron chi connectivity index (χ2n) is 4.83. The molecule has 0 unspecified atom stereocenters. The molecule has 0 atom stereocenters. The molecular formula is C16H15N3O4S. The standard InChI is InChI=1S/C16H15N3O4S/c1-11(15-3-2-6-24-15)19-23-9-16(20)18-17-8-12-4-5-13-14(7-12)22-10-21-13/h2-8H,9-10H2,1H3,(H,18,20)/b17-8-,19-11+. The van der Waals surface area contributed by atoms with Gasteiger partial charge in [-0.2, -0.15) is 5.10 Å². The van der Waals surface area contributed by atoms with E-state index in [2.05, 4.69) is 15.7 Å². The first-order valence-corrected chi connectivity index (χ1v) is 8.02. The number of nitrogens with one attached hydrogen (secondary N) is 1. The summed E-state index contributed by atoms with van der Waals surface area (Å²) >= 11 is 1.56. The predicted octanol–water partition coefficient (Wildman–Crippen LogP) is 2.37. The fourth-order valence-corrected chi connectivity index (χ4v) is 2.59. The molecule has 0 spiro atoms. The van der Waals surface area contributed by atoms with Crippen molar-refractivity contribution in [2.45, 2.75) is 6.92 Å². The van der Waals surface area contributed by atoms with Crippen LogP contribution in [0.3, 0.4) is 0 Å². The fraction of sp³-hybridized carbons (Fsp3) is 0.188. The molecule has 1 aliphatic rings. The lowest BCUT2D eigenvalue weighted by atomic mass is 10.2. The van der Waals surface area contributed by atoms with Crippen LogP contribution in [0.2, 0.25) is 0 Å². The van der Waals surface area contributed by atoms with Crippen molar-refractivity contribution in [3.8, 4) is 11.5 Å². The summed E-state index contributed by atoms with van der Waals surface area (Å²) in [4.78, 5) is 17.6. The molecule has 1 amide bonds. The van der Waals surface area contributed by atoms with Crippen LogP contribution in [-0.2, 0) is 9.63 Å². The molecule has 1 aromatic carbocycles. The monoisotopic (exact) mass is 345 g/mol. The highest BCUT2D eigenvalue weighted by molar-refractivity contribution is 7.12. The zero-order valence-electron chi connectivity index (χ0n) is 12.9. The number of oxime groups is 1. The minimum absolute atomic E-state index is 0.207. The molecule has 0 fully saturated rings. The van der Waals surface area contributed by atoms with E-state index in [1.165, 1.54) is 6.21 Å². The first-order chi connectivity index (χ1) is 11.7. The van der Waals surface area contributed by atoms with Crippen molar-refractivity contribution in [3.63, 3.8) is 0 Å². The van der Waals surface area contributed by atoms with E-state index in [4.69, 9.17) is 14.3 Å². The van der Waals surface area contributed by atoms with E-state index in [-0.39, 0.29) is 13.4 Å². The third kappa shape index (κ3) is 4.11. The maximum atomic E-state index is 11.6. The Kier molecular flexibility index (Phi) is 5.07. The zero-order valence-corrected chi connectivity index (χ0v) is 13.7. The Morgan fingerprint density at radius 3 is 3.08 bits per heavy atom. The van der Waals surface area contributed by atoms with Crippen LogP contribution in [0.5, 0.6) is 11.5 Å². The van der Waals surface area contributed by atoms with Crippen molar-refractivity contribution in [1.82, 2.24) is 5.43 Å². The Labute approximate surface area is 142 Å². The van der Waals surface area contributed by atoms with Gasteiger partial charge >= 0.3 is 0 Å². The van der Waals surface area contributed by atoms with Gasteiger partial charge in [0.15, 0.2) is 18.1 Å². The van der Waals surface area contributed by atoms with Crippen molar-refractivity contribution in [2.75, 3.05) is 13.4 Å². The van der Waals surface area contributed by atoms with Gasteiger partial charge in [0.2, 0.25) is 6.79 Å². The van der Waals surface area contributed by atoms with Gasteiger partial charge in [-0.1, -0.05) is 11.2 Å². The van der Waals surface area contributed by atoms with Gasteiger partial charge in [0.25, 0.3) is 5.91 Å². The molecule has 0 aliphatic carbocycles. The molecule has 1 aromatic heterocycles. The van der Waals surface area contributed by atoms with Crippen LogP contribution in [-0.4, -0.2) is 31.2 Å². The molecule has 3 rings (SSSR count). The lowest BCUT2D eigenvalue weighted by Gasteiger charge is -2.00. The Hall–Kier alpha value is -2.87. The highest BCUT2D eigenvalue weighted by atomic mass is 32.1. The molecule has 0 bridgehead atoms. The summed E-state index contributed by atoms with van der Waals surface area (Å²) in [5, 5.41) is 9.71. The van der Waals surface area contributed by atoms with E-state index in [1.54, 1.807) is 23.5 Å². The molecule has 2 aromatic rings. The van der Waals surface area contributed by atoms with Gasteiger partial charge in [0.05, 0.1) is 16.8 Å². The van der Waals surface area contributed by atoms with Crippen molar-refractivity contribution < 1.29 is 19.1 Å². The summed E-state index contributed by atoms with van der Waals surface area (Å²) in [7, 11) is 0. The maximum Gasteiger partial charge on any atom is 0.280 e. The topological polar surface area (TPSA) is 81.5 Å². The van der Waals surface area contributed by atoms with Crippen molar-refractivity contribution in [2.24, 2.45) is 10.3 Å². The average molecular weight is 345 g/mol. The van der Waals surface area contributed by atoms with Crippen molar-refractivity contribution in [1.29, 1.82) is 0 Å². The molecule has 124 valence electrons. The molecule has 0 radical (unpaired) electrons. The van der Waals surface area contributed by atoms with Crippen molar-refractivity contribution >= 4 is 29.2 Å². The van der Waals surface area contributed by atoms with Crippen LogP contribution in [0, 0.1) is 0 Å². The number of benzene rings is 1. The van der Waals surface area contributed by atoms with E-state index in [9.17, 15) is 4.79 Å². The number of carbonyl (C=O) groups excluding carboxylic acids is 1. The molecule has 24 heavy (non-hydrogen) atoms. The number of thiophene rings is 1. The molecule has 1 aliphatic heterocycles. The first kappa shape index (κ1) is 16.0. The summed E-state index contributed by atoms with van der Waals surface area (Å²) in [6, 6.07) is 9.24. The van der Waals surface area contributed by atoms with Gasteiger partial charge in [-0.15, -0.1) is 11.3 Å². The van der Waals surface area contributed by atoms with Gasteiger partial charge in [-0.05, 0) is 42.1 Å². The van der Waals surface area contributed by atoms with E-state index in [1.807, 2.05) is 30.5 Å². The molecule has 0 saturated heterocycles. The third-order valence-electron chi connectivity index (χ3n) is 3.07. The van der Waals surface area contributed by atoms with E-state index >= 15 is 0 Å². The minimum atomic E-state index is -0.394. The highest BCUT2D eigenvalue weighted by Gasteiger charge is 2.12. The Balaban J connectivity index is 1.44. The normalized spacial score (nSPS) is 13.3. The molecule has 0 saturated carbocycles. The second kappa shape index (κ2) is 7.60. The van der Waals surface area contributed by atoms with E-state index in [0.29, 0.717) is 11.5 Å². The number of rotatable bonds is 6. The number of ether oxygens (including phenoxy) is 2.